The van der Waals surface area contributed by atoms with Gasteiger partial charge in [-0.15, -0.1) is 10.2 Å². The fourth-order valence-corrected chi connectivity index (χ4v) is 4.06. The summed E-state index contributed by atoms with van der Waals surface area (Å²) in [5.41, 5.74) is 4.64. The Labute approximate surface area is 176 Å². The molecule has 0 saturated heterocycles. The molecule has 6 heteroatoms. The molecule has 1 atom stereocenters. The Hall–Kier alpha value is -2.60. The molecule has 29 heavy (non-hydrogen) atoms. The zero-order chi connectivity index (χ0) is 20.8. The number of aryl methyl sites for hydroxylation is 2. The van der Waals surface area contributed by atoms with Crippen molar-refractivity contribution in [3.05, 3.63) is 65.2 Å². The lowest BCUT2D eigenvalue weighted by atomic mass is 10.1. The average Bonchev–Trinajstić information content (AvgIpc) is 3.15. The Kier molecular flexibility index (Phi) is 7.09. The highest BCUT2D eigenvalue weighted by Gasteiger charge is 2.16. The lowest BCUT2D eigenvalue weighted by molar-refractivity contribution is -0.119. The Bertz CT molecular complexity index is 965. The standard InChI is InChI=1S/C23H28N4OS/c1-5-18-11-13-19(14-12-18)17(4)24-21(28)15-29-23-26-25-22(27(23)6-2)20-10-8-7-9-16(20)3/h7-14,17H,5-6,15H2,1-4H3,(H,24,28). The van der Waals surface area contributed by atoms with Gasteiger partial charge < -0.3 is 9.88 Å². The molecular weight excluding hydrogens is 380 g/mol. The van der Waals surface area contributed by atoms with E-state index < -0.39 is 0 Å². The molecule has 2 aromatic carbocycles. The van der Waals surface area contributed by atoms with Crippen molar-refractivity contribution in [3.8, 4) is 11.4 Å². The molecule has 0 bridgehead atoms. The van der Waals surface area contributed by atoms with E-state index in [1.165, 1.54) is 17.3 Å². The minimum absolute atomic E-state index is 0.00911. The van der Waals surface area contributed by atoms with Crippen LogP contribution in [0.1, 0.15) is 43.5 Å². The molecule has 0 radical (unpaired) electrons. The second-order valence-electron chi connectivity index (χ2n) is 7.04. The number of carbonyl (C=O) groups excluding carboxylic acids is 1. The van der Waals surface area contributed by atoms with E-state index in [0.717, 1.165) is 40.6 Å². The molecule has 3 aromatic rings. The summed E-state index contributed by atoms with van der Waals surface area (Å²) in [5, 5.41) is 12.5. The van der Waals surface area contributed by atoms with Gasteiger partial charge in [0.2, 0.25) is 5.91 Å². The second-order valence-corrected chi connectivity index (χ2v) is 7.98. The first-order valence-corrected chi connectivity index (χ1v) is 11.0. The van der Waals surface area contributed by atoms with E-state index in [0.29, 0.717) is 5.75 Å². The Morgan fingerprint density at radius 2 is 1.83 bits per heavy atom. The Morgan fingerprint density at radius 3 is 2.48 bits per heavy atom. The van der Waals surface area contributed by atoms with Crippen LogP contribution in [0.2, 0.25) is 0 Å². The second kappa shape index (κ2) is 9.74. The van der Waals surface area contributed by atoms with Crippen LogP contribution in [0.5, 0.6) is 0 Å². The number of hydrogen-bond acceptors (Lipinski definition) is 4. The van der Waals surface area contributed by atoms with E-state index >= 15 is 0 Å². The predicted molar refractivity (Wildman–Crippen MR) is 119 cm³/mol. The Morgan fingerprint density at radius 1 is 1.10 bits per heavy atom. The molecule has 1 unspecified atom stereocenters. The summed E-state index contributed by atoms with van der Waals surface area (Å²) in [6.45, 7) is 9.03. The third kappa shape index (κ3) is 5.07. The van der Waals surface area contributed by atoms with Gasteiger partial charge >= 0.3 is 0 Å². The van der Waals surface area contributed by atoms with Gasteiger partial charge in [-0.25, -0.2) is 0 Å². The Balaban J connectivity index is 1.63. The fraction of sp³-hybridized carbons (Fsp3) is 0.348. The summed E-state index contributed by atoms with van der Waals surface area (Å²) in [6, 6.07) is 16.5. The number of amides is 1. The van der Waals surface area contributed by atoms with Gasteiger partial charge in [0.15, 0.2) is 11.0 Å². The molecule has 1 aromatic heterocycles. The number of nitrogens with zero attached hydrogens (tertiary/aromatic N) is 3. The van der Waals surface area contributed by atoms with Gasteiger partial charge in [-0.05, 0) is 43.9 Å². The molecule has 1 amide bonds. The molecule has 0 aliphatic rings. The van der Waals surface area contributed by atoms with Crippen LogP contribution in [-0.2, 0) is 17.8 Å². The maximum atomic E-state index is 12.5. The van der Waals surface area contributed by atoms with Crippen molar-refractivity contribution in [2.45, 2.75) is 51.9 Å². The number of benzene rings is 2. The minimum atomic E-state index is -0.0272. The van der Waals surface area contributed by atoms with Gasteiger partial charge in [-0.2, -0.15) is 0 Å². The van der Waals surface area contributed by atoms with Gasteiger partial charge in [0.1, 0.15) is 0 Å². The van der Waals surface area contributed by atoms with E-state index in [9.17, 15) is 4.79 Å². The predicted octanol–water partition coefficient (Wildman–Crippen LogP) is 4.81. The third-order valence-electron chi connectivity index (χ3n) is 5.02. The monoisotopic (exact) mass is 408 g/mol. The van der Waals surface area contributed by atoms with Crippen molar-refractivity contribution in [2.75, 3.05) is 5.75 Å². The van der Waals surface area contributed by atoms with E-state index in [2.05, 4.69) is 77.3 Å². The first-order chi connectivity index (χ1) is 14.0. The molecule has 0 fully saturated rings. The SMILES string of the molecule is CCc1ccc(C(C)NC(=O)CSc2nnc(-c3ccccc3C)n2CC)cc1. The number of thioether (sulfide) groups is 1. The van der Waals surface area contributed by atoms with Gasteiger partial charge in [-0.3, -0.25) is 4.79 Å². The summed E-state index contributed by atoms with van der Waals surface area (Å²) in [7, 11) is 0. The topological polar surface area (TPSA) is 59.8 Å². The molecule has 0 spiro atoms. The van der Waals surface area contributed by atoms with Gasteiger partial charge in [0, 0.05) is 12.1 Å². The number of nitrogens with one attached hydrogen (secondary N) is 1. The largest absolute Gasteiger partial charge is 0.349 e. The maximum Gasteiger partial charge on any atom is 0.230 e. The van der Waals surface area contributed by atoms with Crippen LogP contribution in [0.15, 0.2) is 53.7 Å². The zero-order valence-electron chi connectivity index (χ0n) is 17.5. The summed E-state index contributed by atoms with van der Waals surface area (Å²) in [5.74, 6) is 1.14. The molecule has 1 heterocycles. The number of rotatable bonds is 8. The average molecular weight is 409 g/mol. The van der Waals surface area contributed by atoms with Crippen molar-refractivity contribution >= 4 is 17.7 Å². The van der Waals surface area contributed by atoms with Crippen LogP contribution in [0.25, 0.3) is 11.4 Å². The lowest BCUT2D eigenvalue weighted by Gasteiger charge is -2.15. The van der Waals surface area contributed by atoms with Gasteiger partial charge in [0.25, 0.3) is 0 Å². The van der Waals surface area contributed by atoms with Crippen molar-refractivity contribution < 1.29 is 4.79 Å². The summed E-state index contributed by atoms with van der Waals surface area (Å²) < 4.78 is 2.06. The highest BCUT2D eigenvalue weighted by molar-refractivity contribution is 7.99. The molecule has 3 rings (SSSR count). The summed E-state index contributed by atoms with van der Waals surface area (Å²) >= 11 is 1.42. The zero-order valence-corrected chi connectivity index (χ0v) is 18.3. The van der Waals surface area contributed by atoms with E-state index in [1.807, 2.05) is 19.1 Å². The van der Waals surface area contributed by atoms with Crippen molar-refractivity contribution in [1.29, 1.82) is 0 Å². The highest BCUT2D eigenvalue weighted by atomic mass is 32.2. The van der Waals surface area contributed by atoms with Crippen molar-refractivity contribution in [1.82, 2.24) is 20.1 Å². The third-order valence-corrected chi connectivity index (χ3v) is 5.98. The van der Waals surface area contributed by atoms with Crippen LogP contribution in [0.4, 0.5) is 0 Å². The number of hydrogen-bond donors (Lipinski definition) is 1. The lowest BCUT2D eigenvalue weighted by Crippen LogP contribution is -2.28. The molecule has 152 valence electrons. The van der Waals surface area contributed by atoms with Crippen LogP contribution < -0.4 is 5.32 Å². The van der Waals surface area contributed by atoms with Crippen LogP contribution >= 0.6 is 11.8 Å². The minimum Gasteiger partial charge on any atom is -0.349 e. The first kappa shape index (κ1) is 21.1. The van der Waals surface area contributed by atoms with Crippen molar-refractivity contribution in [2.24, 2.45) is 0 Å². The van der Waals surface area contributed by atoms with E-state index in [4.69, 9.17) is 0 Å². The molecule has 0 aliphatic carbocycles. The number of carbonyl (C=O) groups is 1. The molecule has 5 nitrogen and oxygen atoms in total. The molecular formula is C23H28N4OS. The first-order valence-electron chi connectivity index (χ1n) is 10.0. The molecule has 0 saturated carbocycles. The van der Waals surface area contributed by atoms with Crippen LogP contribution in [0.3, 0.4) is 0 Å². The summed E-state index contributed by atoms with van der Waals surface area (Å²) in [4.78, 5) is 12.5. The summed E-state index contributed by atoms with van der Waals surface area (Å²) in [6.07, 6.45) is 1.01. The van der Waals surface area contributed by atoms with E-state index in [-0.39, 0.29) is 11.9 Å². The number of aromatic nitrogens is 3. The quantitative estimate of drug-likeness (QED) is 0.544. The fourth-order valence-electron chi connectivity index (χ4n) is 3.24. The van der Waals surface area contributed by atoms with Gasteiger partial charge in [0.05, 0.1) is 11.8 Å². The highest BCUT2D eigenvalue weighted by Crippen LogP contribution is 2.26. The van der Waals surface area contributed by atoms with Crippen LogP contribution in [0, 0.1) is 6.92 Å². The van der Waals surface area contributed by atoms with E-state index in [1.54, 1.807) is 0 Å². The molecule has 1 N–H and O–H groups in total. The van der Waals surface area contributed by atoms with Gasteiger partial charge in [-0.1, -0.05) is 67.2 Å². The van der Waals surface area contributed by atoms with Crippen molar-refractivity contribution in [3.63, 3.8) is 0 Å². The molecule has 0 aliphatic heterocycles. The normalized spacial score (nSPS) is 12.0. The van der Waals surface area contributed by atoms with Crippen LogP contribution in [-0.4, -0.2) is 26.4 Å². The maximum absolute atomic E-state index is 12.5. The smallest absolute Gasteiger partial charge is 0.230 e.